The number of para-hydroxylation sites is 1. The second kappa shape index (κ2) is 14.4. The van der Waals surface area contributed by atoms with Crippen LogP contribution in [-0.4, -0.2) is 28.3 Å². The molecule has 0 atom stereocenters. The maximum atomic E-state index is 12.6. The Morgan fingerprint density at radius 2 is 1.76 bits per heavy atom. The minimum atomic E-state index is -0.316. The van der Waals surface area contributed by atoms with E-state index < -0.39 is 0 Å². The van der Waals surface area contributed by atoms with Crippen molar-refractivity contribution in [3.05, 3.63) is 66.3 Å². The summed E-state index contributed by atoms with van der Waals surface area (Å²) >= 11 is 1.34. The number of carbonyl (C=O) groups excluding carboxylic acids is 2. The van der Waals surface area contributed by atoms with Crippen molar-refractivity contribution in [2.45, 2.75) is 50.4 Å². The zero-order valence-corrected chi connectivity index (χ0v) is 20.9. The van der Waals surface area contributed by atoms with E-state index in [2.05, 4.69) is 37.8 Å². The first-order valence-corrected chi connectivity index (χ1v) is 11.9. The summed E-state index contributed by atoms with van der Waals surface area (Å²) < 4.78 is 7.53. The van der Waals surface area contributed by atoms with Crippen LogP contribution in [-0.2, 0) is 17.9 Å². The Hall–Kier alpha value is -2.72. The predicted molar refractivity (Wildman–Crippen MR) is 122 cm³/mol. The Morgan fingerprint density at radius 1 is 1.00 bits per heavy atom. The number of nitrogens with zero attached hydrogens (tertiary/aromatic N) is 3. The molecule has 0 radical (unpaired) electrons. The number of hydrogen-bond acceptors (Lipinski definition) is 6. The molecule has 2 aromatic heterocycles. The number of thioether (sulfide) groups is 1. The number of carbonyl (C=O) groups is 2. The van der Waals surface area contributed by atoms with Gasteiger partial charge in [0, 0.05) is 25.0 Å². The smallest absolute Gasteiger partial charge is 0.276 e. The van der Waals surface area contributed by atoms with E-state index in [1.165, 1.54) is 11.8 Å². The first-order valence-electron chi connectivity index (χ1n) is 10.6. The number of rotatable bonds is 12. The topological polar surface area (TPSA) is 101 Å². The van der Waals surface area contributed by atoms with E-state index in [0.717, 1.165) is 32.2 Å². The lowest BCUT2D eigenvalue weighted by Crippen LogP contribution is -3.00. The lowest BCUT2D eigenvalue weighted by Gasteiger charge is -2.11. The molecular weight excluding hydrogens is 506 g/mol. The lowest BCUT2D eigenvalue weighted by atomic mass is 10.1. The number of unbranched alkanes of at least 4 members (excludes halogenated alkanes) is 3. The van der Waals surface area contributed by atoms with Gasteiger partial charge in [0.05, 0.1) is 17.8 Å². The first kappa shape index (κ1) is 26.5. The number of nitrogens with one attached hydrogen (secondary N) is 2. The SMILES string of the molecule is CSc1nnc(CNC(=O)c2ccccc2NC(=O)CCCCCC[n+]2ccccc2)o1.[Br-]. The molecule has 2 N–H and O–H groups in total. The van der Waals surface area contributed by atoms with Gasteiger partial charge in [-0.3, -0.25) is 9.59 Å². The van der Waals surface area contributed by atoms with Gasteiger partial charge in [-0.1, -0.05) is 36.4 Å². The highest BCUT2D eigenvalue weighted by atomic mass is 79.9. The van der Waals surface area contributed by atoms with E-state index >= 15 is 0 Å². The summed E-state index contributed by atoms with van der Waals surface area (Å²) in [6.07, 6.45) is 10.3. The fraction of sp³-hybridized carbons (Fsp3) is 0.348. The number of benzene rings is 1. The highest BCUT2D eigenvalue weighted by Crippen LogP contribution is 2.17. The summed E-state index contributed by atoms with van der Waals surface area (Å²) in [6.45, 7) is 1.10. The average molecular weight is 534 g/mol. The summed E-state index contributed by atoms with van der Waals surface area (Å²) in [5.41, 5.74) is 0.885. The molecule has 0 aliphatic rings. The summed E-state index contributed by atoms with van der Waals surface area (Å²) in [5.74, 6) is -0.0812. The van der Waals surface area contributed by atoms with Gasteiger partial charge in [0.2, 0.25) is 11.8 Å². The monoisotopic (exact) mass is 533 g/mol. The quantitative estimate of drug-likeness (QED) is 0.201. The normalized spacial score (nSPS) is 10.3. The predicted octanol–water partition coefficient (Wildman–Crippen LogP) is 0.602. The third kappa shape index (κ3) is 8.97. The molecule has 3 rings (SSSR count). The second-order valence-corrected chi connectivity index (χ2v) is 7.98. The molecule has 0 aliphatic heterocycles. The fourth-order valence-electron chi connectivity index (χ4n) is 3.16. The van der Waals surface area contributed by atoms with Crippen LogP contribution in [0.5, 0.6) is 0 Å². The van der Waals surface area contributed by atoms with Crippen molar-refractivity contribution in [2.24, 2.45) is 0 Å². The van der Waals surface area contributed by atoms with Crippen molar-refractivity contribution in [3.63, 3.8) is 0 Å². The second-order valence-electron chi connectivity index (χ2n) is 7.22. The molecule has 1 aromatic carbocycles. The molecule has 0 bridgehead atoms. The minimum Gasteiger partial charge on any atom is -1.00 e. The Balaban J connectivity index is 0.00000385. The van der Waals surface area contributed by atoms with Crippen LogP contribution >= 0.6 is 11.8 Å². The van der Waals surface area contributed by atoms with Crippen LogP contribution in [0.1, 0.15) is 48.4 Å². The van der Waals surface area contributed by atoms with E-state index in [0.29, 0.717) is 28.8 Å². The van der Waals surface area contributed by atoms with E-state index in [1.807, 2.05) is 24.5 Å². The van der Waals surface area contributed by atoms with Gasteiger partial charge in [0.1, 0.15) is 6.54 Å². The lowest BCUT2D eigenvalue weighted by molar-refractivity contribution is -0.697. The molecule has 33 heavy (non-hydrogen) atoms. The van der Waals surface area contributed by atoms with Crippen LogP contribution in [0.4, 0.5) is 5.69 Å². The molecular formula is C23H28BrN5O3S. The number of amides is 2. The molecule has 2 heterocycles. The molecule has 0 unspecified atom stereocenters. The molecule has 0 saturated carbocycles. The number of aromatic nitrogens is 3. The van der Waals surface area contributed by atoms with Gasteiger partial charge < -0.3 is 32.0 Å². The average Bonchev–Trinajstić information content (AvgIpc) is 3.29. The zero-order valence-electron chi connectivity index (χ0n) is 18.5. The summed E-state index contributed by atoms with van der Waals surface area (Å²) in [6, 6.07) is 13.0. The summed E-state index contributed by atoms with van der Waals surface area (Å²) in [4.78, 5) is 25.0. The molecule has 10 heteroatoms. The molecule has 8 nitrogen and oxygen atoms in total. The van der Waals surface area contributed by atoms with E-state index in [9.17, 15) is 9.59 Å². The number of hydrogen-bond donors (Lipinski definition) is 2. The molecule has 176 valence electrons. The van der Waals surface area contributed by atoms with Crippen LogP contribution < -0.4 is 32.2 Å². The van der Waals surface area contributed by atoms with Crippen molar-refractivity contribution in [1.29, 1.82) is 0 Å². The van der Waals surface area contributed by atoms with Gasteiger partial charge >= 0.3 is 0 Å². The number of pyridine rings is 1. The van der Waals surface area contributed by atoms with Crippen molar-refractivity contribution in [1.82, 2.24) is 15.5 Å². The summed E-state index contributed by atoms with van der Waals surface area (Å²) in [5, 5.41) is 13.8. The Morgan fingerprint density at radius 3 is 2.52 bits per heavy atom. The number of aryl methyl sites for hydroxylation is 1. The zero-order chi connectivity index (χ0) is 22.6. The van der Waals surface area contributed by atoms with E-state index in [1.54, 1.807) is 24.3 Å². The third-order valence-corrected chi connectivity index (χ3v) is 5.33. The van der Waals surface area contributed by atoms with Gasteiger partial charge in [-0.05, 0) is 31.2 Å². The largest absolute Gasteiger partial charge is 1.00 e. The highest BCUT2D eigenvalue weighted by molar-refractivity contribution is 7.98. The fourth-order valence-corrected chi connectivity index (χ4v) is 3.46. The van der Waals surface area contributed by atoms with Crippen LogP contribution in [0, 0.1) is 0 Å². The van der Waals surface area contributed by atoms with Crippen molar-refractivity contribution < 1.29 is 35.6 Å². The maximum absolute atomic E-state index is 12.6. The van der Waals surface area contributed by atoms with Crippen LogP contribution in [0.3, 0.4) is 0 Å². The van der Waals surface area contributed by atoms with Crippen molar-refractivity contribution >= 4 is 29.3 Å². The Labute approximate surface area is 208 Å². The molecule has 0 aliphatic carbocycles. The van der Waals surface area contributed by atoms with Crippen LogP contribution in [0.2, 0.25) is 0 Å². The molecule has 2 amide bonds. The molecule has 3 aromatic rings. The summed E-state index contributed by atoms with van der Waals surface area (Å²) in [7, 11) is 0. The number of anilines is 1. The van der Waals surface area contributed by atoms with Crippen LogP contribution in [0.25, 0.3) is 0 Å². The van der Waals surface area contributed by atoms with Gasteiger partial charge in [-0.2, -0.15) is 0 Å². The highest BCUT2D eigenvalue weighted by Gasteiger charge is 2.14. The third-order valence-electron chi connectivity index (χ3n) is 4.82. The number of halogens is 1. The minimum absolute atomic E-state index is 0. The first-order chi connectivity index (χ1) is 15.7. The molecule has 0 spiro atoms. The Kier molecular flexibility index (Phi) is 11.6. The van der Waals surface area contributed by atoms with Gasteiger partial charge in [0.15, 0.2) is 12.4 Å². The van der Waals surface area contributed by atoms with E-state index in [-0.39, 0.29) is 35.3 Å². The molecule has 0 fully saturated rings. The van der Waals surface area contributed by atoms with Crippen LogP contribution in [0.15, 0.2) is 64.5 Å². The molecule has 0 saturated heterocycles. The maximum Gasteiger partial charge on any atom is 0.276 e. The van der Waals surface area contributed by atoms with Gasteiger partial charge in [-0.15, -0.1) is 10.2 Å². The standard InChI is InChI=1S/C23H27N5O3S.BrH/c1-32-23-27-26-21(31-23)17-24-22(30)18-11-6-7-12-19(18)25-20(29)13-5-2-3-8-14-28-15-9-4-10-16-28;/h4,6-7,9-12,15-16H,2-3,5,8,13-14,17H2,1H3,(H-,24,25,29,30);1H. The van der Waals surface area contributed by atoms with Gasteiger partial charge in [-0.25, -0.2) is 4.57 Å². The van der Waals surface area contributed by atoms with Gasteiger partial charge in [0.25, 0.3) is 11.1 Å². The van der Waals surface area contributed by atoms with Crippen molar-refractivity contribution in [2.75, 3.05) is 11.6 Å². The van der Waals surface area contributed by atoms with E-state index in [4.69, 9.17) is 4.42 Å². The van der Waals surface area contributed by atoms with Crippen molar-refractivity contribution in [3.8, 4) is 0 Å². The Bertz CT molecular complexity index is 1020.